The number of nitrogens with zero attached hydrogens (tertiary/aromatic N) is 2. The number of aliphatic hydroxyl groups is 1. The van der Waals surface area contributed by atoms with Crippen molar-refractivity contribution in [1.29, 1.82) is 0 Å². The summed E-state index contributed by atoms with van der Waals surface area (Å²) in [5.41, 5.74) is 2.27. The summed E-state index contributed by atoms with van der Waals surface area (Å²) in [7, 11) is 0. The quantitative estimate of drug-likeness (QED) is 0.770. The summed E-state index contributed by atoms with van der Waals surface area (Å²) in [6.45, 7) is 0. The first kappa shape index (κ1) is 15.7. The Morgan fingerprint density at radius 3 is 2.68 bits per heavy atom. The lowest BCUT2D eigenvalue weighted by molar-refractivity contribution is 0.0234. The van der Waals surface area contributed by atoms with E-state index in [-0.39, 0.29) is 24.0 Å². The van der Waals surface area contributed by atoms with E-state index in [2.05, 4.69) is 21.4 Å². The summed E-state index contributed by atoms with van der Waals surface area (Å²) in [5.74, 6) is -0.00854. The van der Waals surface area contributed by atoms with Gasteiger partial charge in [-0.1, -0.05) is 24.3 Å². The van der Waals surface area contributed by atoms with Gasteiger partial charge in [-0.05, 0) is 48.6 Å². The fourth-order valence-electron chi connectivity index (χ4n) is 3.35. The molecular weight excluding hydrogens is 314 g/mol. The second-order valence-electron chi connectivity index (χ2n) is 6.51. The molecule has 0 saturated heterocycles. The third kappa shape index (κ3) is 3.23. The number of carbonyl (C=O) groups is 1. The van der Waals surface area contributed by atoms with Gasteiger partial charge in [0.2, 0.25) is 0 Å². The minimum Gasteiger partial charge on any atom is -0.393 e. The van der Waals surface area contributed by atoms with Crippen LogP contribution in [0.15, 0.2) is 60.9 Å². The Kier molecular flexibility index (Phi) is 4.15. The second-order valence-corrected chi connectivity index (χ2v) is 6.51. The van der Waals surface area contributed by atoms with Gasteiger partial charge in [-0.2, -0.15) is 0 Å². The van der Waals surface area contributed by atoms with Crippen molar-refractivity contribution in [2.45, 2.75) is 25.0 Å². The lowest BCUT2D eigenvalue weighted by Gasteiger charge is -2.38. The molecule has 2 aromatic heterocycles. The Balaban J connectivity index is 1.64. The summed E-state index contributed by atoms with van der Waals surface area (Å²) >= 11 is 0. The smallest absolute Gasteiger partial charge is 0.270 e. The molecule has 0 bridgehead atoms. The number of fused-ring (bicyclic) bond motifs is 1. The fourth-order valence-corrected chi connectivity index (χ4v) is 3.35. The number of amides is 1. The molecule has 0 unspecified atom stereocenters. The van der Waals surface area contributed by atoms with Crippen LogP contribution in [0.4, 0.5) is 0 Å². The highest BCUT2D eigenvalue weighted by Gasteiger charge is 2.36. The molecule has 1 atom stereocenters. The van der Waals surface area contributed by atoms with Crippen LogP contribution in [-0.2, 0) is 0 Å². The van der Waals surface area contributed by atoms with Crippen molar-refractivity contribution in [2.24, 2.45) is 5.92 Å². The monoisotopic (exact) mass is 333 g/mol. The van der Waals surface area contributed by atoms with Crippen LogP contribution in [0, 0.1) is 5.92 Å². The molecule has 3 aromatic rings. The number of hydrogen-bond donors (Lipinski definition) is 2. The van der Waals surface area contributed by atoms with E-state index < -0.39 is 0 Å². The molecule has 2 heterocycles. The summed E-state index contributed by atoms with van der Waals surface area (Å²) in [6, 6.07) is 15.1. The topological polar surface area (TPSA) is 75.1 Å². The number of aromatic nitrogens is 2. The van der Waals surface area contributed by atoms with E-state index in [1.807, 2.05) is 30.5 Å². The first-order valence-corrected chi connectivity index (χ1v) is 8.45. The van der Waals surface area contributed by atoms with Gasteiger partial charge >= 0.3 is 0 Å². The number of para-hydroxylation sites is 1. The second kappa shape index (κ2) is 6.61. The Morgan fingerprint density at radius 2 is 1.92 bits per heavy atom. The van der Waals surface area contributed by atoms with Crippen molar-refractivity contribution in [3.05, 3.63) is 72.2 Å². The first-order valence-electron chi connectivity index (χ1n) is 8.45. The molecule has 4 rings (SSSR count). The normalized spacial score (nSPS) is 20.7. The van der Waals surface area contributed by atoms with Crippen LogP contribution in [0.5, 0.6) is 0 Å². The van der Waals surface area contributed by atoms with Crippen LogP contribution in [0.3, 0.4) is 0 Å². The predicted octanol–water partition coefficient (Wildman–Crippen LogP) is 2.87. The maximum atomic E-state index is 12.6. The van der Waals surface area contributed by atoms with Crippen molar-refractivity contribution < 1.29 is 9.90 Å². The number of carbonyl (C=O) groups excluding carboxylic acids is 1. The highest BCUT2D eigenvalue weighted by atomic mass is 16.3. The summed E-state index contributed by atoms with van der Waals surface area (Å²) in [4.78, 5) is 21.2. The lowest BCUT2D eigenvalue weighted by Crippen LogP contribution is -2.41. The van der Waals surface area contributed by atoms with E-state index in [0.29, 0.717) is 18.5 Å². The van der Waals surface area contributed by atoms with Crippen molar-refractivity contribution >= 4 is 16.8 Å². The Bertz CT molecular complexity index is 892. The predicted molar refractivity (Wildman–Crippen MR) is 94.9 cm³/mol. The average Bonchev–Trinajstić information content (AvgIpc) is 2.64. The molecule has 1 aromatic carbocycles. The van der Waals surface area contributed by atoms with Gasteiger partial charge in [0.05, 0.1) is 17.7 Å². The Hall–Kier alpha value is -2.79. The van der Waals surface area contributed by atoms with E-state index in [9.17, 15) is 9.90 Å². The maximum Gasteiger partial charge on any atom is 0.270 e. The maximum absolute atomic E-state index is 12.6. The van der Waals surface area contributed by atoms with Crippen molar-refractivity contribution in [2.75, 3.05) is 0 Å². The van der Waals surface area contributed by atoms with E-state index in [4.69, 9.17) is 0 Å². The first-order chi connectivity index (χ1) is 12.2. The van der Waals surface area contributed by atoms with Crippen LogP contribution in [0.1, 0.15) is 34.9 Å². The zero-order chi connectivity index (χ0) is 17.2. The van der Waals surface area contributed by atoms with Crippen LogP contribution in [0.25, 0.3) is 10.9 Å². The molecule has 5 nitrogen and oxygen atoms in total. The summed E-state index contributed by atoms with van der Waals surface area (Å²) < 4.78 is 0. The van der Waals surface area contributed by atoms with Crippen molar-refractivity contribution in [3.8, 4) is 0 Å². The molecule has 1 aliphatic carbocycles. The minimum absolute atomic E-state index is 0.185. The van der Waals surface area contributed by atoms with Crippen LogP contribution >= 0.6 is 0 Å². The highest BCUT2D eigenvalue weighted by molar-refractivity contribution is 5.92. The molecule has 1 saturated carbocycles. The fraction of sp³-hybridized carbons (Fsp3) is 0.250. The van der Waals surface area contributed by atoms with Gasteiger partial charge in [0.15, 0.2) is 0 Å². The molecule has 0 spiro atoms. The molecule has 1 fully saturated rings. The van der Waals surface area contributed by atoms with E-state index >= 15 is 0 Å². The van der Waals surface area contributed by atoms with Gasteiger partial charge in [-0.15, -0.1) is 0 Å². The number of pyridine rings is 2. The molecule has 1 amide bonds. The summed E-state index contributed by atoms with van der Waals surface area (Å²) in [5, 5.41) is 13.8. The number of nitrogens with one attached hydrogen (secondary N) is 1. The average molecular weight is 333 g/mol. The van der Waals surface area contributed by atoms with Crippen LogP contribution < -0.4 is 5.32 Å². The zero-order valence-electron chi connectivity index (χ0n) is 13.7. The zero-order valence-corrected chi connectivity index (χ0v) is 13.7. The summed E-state index contributed by atoms with van der Waals surface area (Å²) in [6.07, 6.45) is 4.50. The van der Waals surface area contributed by atoms with Crippen molar-refractivity contribution in [1.82, 2.24) is 15.3 Å². The van der Waals surface area contributed by atoms with Crippen LogP contribution in [0.2, 0.25) is 0 Å². The lowest BCUT2D eigenvalue weighted by atomic mass is 9.75. The molecule has 2 N–H and O–H groups in total. The molecule has 0 aliphatic heterocycles. The van der Waals surface area contributed by atoms with Crippen molar-refractivity contribution in [3.63, 3.8) is 0 Å². The Morgan fingerprint density at radius 1 is 1.12 bits per heavy atom. The van der Waals surface area contributed by atoms with Gasteiger partial charge in [-0.3, -0.25) is 14.8 Å². The highest BCUT2D eigenvalue weighted by Crippen LogP contribution is 2.38. The van der Waals surface area contributed by atoms with E-state index in [0.717, 1.165) is 16.5 Å². The standard InChI is InChI=1S/C20H19N3O2/c24-16-10-14(11-16)19(23-20(25)18-7-3-4-8-21-18)15-9-13-5-1-2-6-17(13)22-12-15/h1-9,12,14,16,19,24H,10-11H2,(H,23,25)/t14?,16?,19-/m1/s1. The third-order valence-corrected chi connectivity index (χ3v) is 4.78. The number of rotatable bonds is 4. The van der Waals surface area contributed by atoms with E-state index in [1.54, 1.807) is 24.4 Å². The van der Waals surface area contributed by atoms with E-state index in [1.165, 1.54) is 0 Å². The number of hydrogen-bond acceptors (Lipinski definition) is 4. The van der Waals surface area contributed by atoms with Gasteiger partial charge in [0.25, 0.3) is 5.91 Å². The molecule has 1 aliphatic rings. The SMILES string of the molecule is O=C(N[C@@H](c1cnc2ccccc2c1)C1CC(O)C1)c1ccccn1. The van der Waals surface area contributed by atoms with Gasteiger partial charge in [0.1, 0.15) is 5.69 Å². The molecule has 25 heavy (non-hydrogen) atoms. The molecule has 5 heteroatoms. The van der Waals surface area contributed by atoms with Crippen LogP contribution in [-0.4, -0.2) is 27.1 Å². The molecular formula is C20H19N3O2. The molecule has 0 radical (unpaired) electrons. The van der Waals surface area contributed by atoms with Gasteiger partial charge in [0, 0.05) is 17.8 Å². The number of benzene rings is 1. The third-order valence-electron chi connectivity index (χ3n) is 4.78. The largest absolute Gasteiger partial charge is 0.393 e. The number of aliphatic hydroxyl groups excluding tert-OH is 1. The van der Waals surface area contributed by atoms with Gasteiger partial charge < -0.3 is 10.4 Å². The minimum atomic E-state index is -0.285. The molecule has 126 valence electrons. The van der Waals surface area contributed by atoms with Gasteiger partial charge in [-0.25, -0.2) is 0 Å². The Labute approximate surface area is 145 Å².